The van der Waals surface area contributed by atoms with Gasteiger partial charge in [0.25, 0.3) is 0 Å². The minimum Gasteiger partial charge on any atom is -0.107 e. The van der Waals surface area contributed by atoms with Crippen LogP contribution in [0, 0.1) is 0 Å². The molecule has 0 spiro atoms. The average molecular weight is 395 g/mol. The van der Waals surface area contributed by atoms with E-state index in [1.807, 2.05) is 0 Å². The third-order valence-corrected chi connectivity index (χ3v) is 5.33. The van der Waals surface area contributed by atoms with Crippen molar-refractivity contribution in [2.24, 2.45) is 0 Å². The van der Waals surface area contributed by atoms with Crippen molar-refractivity contribution in [2.45, 2.75) is 59.3 Å². The van der Waals surface area contributed by atoms with Gasteiger partial charge in [-0.15, -0.1) is 7.92 Å². The SMILES string of the molecule is CCCCP(CCCC)CCCC.[Cu+].[IH2+]. The Morgan fingerprint density at radius 1 is 0.667 bits per heavy atom. The van der Waals surface area contributed by atoms with E-state index < -0.39 is 0 Å². The minimum atomic E-state index is 0. The van der Waals surface area contributed by atoms with E-state index >= 15 is 0 Å². The smallest absolute Gasteiger partial charge is 0.107 e. The predicted molar refractivity (Wildman–Crippen MR) is 69.0 cm³/mol. The van der Waals surface area contributed by atoms with E-state index in [4.69, 9.17) is 0 Å². The van der Waals surface area contributed by atoms with Crippen LogP contribution in [-0.2, 0) is 17.1 Å². The van der Waals surface area contributed by atoms with Gasteiger partial charge >= 0.3 is 17.1 Å². The van der Waals surface area contributed by atoms with Crippen LogP contribution in [0.15, 0.2) is 0 Å². The molecule has 0 bridgehead atoms. The molecule has 0 aromatic carbocycles. The summed E-state index contributed by atoms with van der Waals surface area (Å²) in [6, 6.07) is 0. The first-order chi connectivity index (χ1) is 6.35. The third-order valence-electron chi connectivity index (χ3n) is 2.48. The molecule has 0 fully saturated rings. The Morgan fingerprint density at radius 3 is 1.13 bits per heavy atom. The van der Waals surface area contributed by atoms with E-state index in [-0.39, 0.29) is 41.0 Å². The first kappa shape index (κ1) is 21.9. The summed E-state index contributed by atoms with van der Waals surface area (Å²) in [4.78, 5) is 0. The minimum absolute atomic E-state index is 0. The molecule has 0 aromatic rings. The quantitative estimate of drug-likeness (QED) is 0.314. The molecule has 0 unspecified atom stereocenters. The fourth-order valence-electron chi connectivity index (χ4n) is 1.48. The Morgan fingerprint density at radius 2 is 0.933 bits per heavy atom. The maximum Gasteiger partial charge on any atom is 1.00 e. The molecule has 0 N–H and O–H groups in total. The van der Waals surface area contributed by atoms with Crippen LogP contribution in [0.25, 0.3) is 0 Å². The van der Waals surface area contributed by atoms with Crippen LogP contribution < -0.4 is 24.0 Å². The van der Waals surface area contributed by atoms with E-state index in [1.165, 1.54) is 38.5 Å². The number of halogens is 1. The largest absolute Gasteiger partial charge is 1.00 e. The Kier molecular flexibility index (Phi) is 26.4. The van der Waals surface area contributed by atoms with E-state index in [2.05, 4.69) is 20.8 Å². The van der Waals surface area contributed by atoms with Crippen LogP contribution >= 0.6 is 7.92 Å². The van der Waals surface area contributed by atoms with Gasteiger partial charge in [0.1, 0.15) is 0 Å². The van der Waals surface area contributed by atoms with Gasteiger partial charge in [-0.3, -0.25) is 0 Å². The van der Waals surface area contributed by atoms with Crippen LogP contribution in [0.2, 0.25) is 0 Å². The van der Waals surface area contributed by atoms with Crippen molar-refractivity contribution in [1.29, 1.82) is 0 Å². The number of hydrogen-bond donors (Lipinski definition) is 0. The summed E-state index contributed by atoms with van der Waals surface area (Å²) in [7, 11) is 0.422. The van der Waals surface area contributed by atoms with Crippen LogP contribution in [0.5, 0.6) is 0 Å². The molecule has 0 atom stereocenters. The summed E-state index contributed by atoms with van der Waals surface area (Å²) in [5, 5.41) is 0. The van der Waals surface area contributed by atoms with Crippen molar-refractivity contribution in [1.82, 2.24) is 0 Å². The molecule has 0 aromatic heterocycles. The Labute approximate surface area is 126 Å². The van der Waals surface area contributed by atoms with E-state index in [1.54, 1.807) is 18.5 Å². The van der Waals surface area contributed by atoms with Crippen molar-refractivity contribution in [3.05, 3.63) is 0 Å². The molecule has 0 rings (SSSR count). The predicted octanol–water partition coefficient (Wildman–Crippen LogP) is 1.33. The molecule has 98 valence electrons. The van der Waals surface area contributed by atoms with E-state index in [0.29, 0.717) is 7.92 Å². The second-order valence-corrected chi connectivity index (χ2v) is 6.59. The third kappa shape index (κ3) is 15.7. The average Bonchev–Trinajstić information content (AvgIpc) is 2.17. The van der Waals surface area contributed by atoms with Crippen molar-refractivity contribution >= 4 is 7.92 Å². The van der Waals surface area contributed by atoms with Crippen LogP contribution in [0.3, 0.4) is 0 Å². The molecule has 3 heteroatoms. The summed E-state index contributed by atoms with van der Waals surface area (Å²) in [5.74, 6) is 0. The van der Waals surface area contributed by atoms with Gasteiger partial charge in [-0.1, -0.05) is 40.0 Å². The van der Waals surface area contributed by atoms with Crippen molar-refractivity contribution in [3.63, 3.8) is 0 Å². The number of unbranched alkanes of at least 4 members (excludes halogenated alkanes) is 3. The molecule has 0 aliphatic heterocycles. The van der Waals surface area contributed by atoms with Crippen LogP contribution in [0.4, 0.5) is 0 Å². The van der Waals surface area contributed by atoms with Gasteiger partial charge in [-0.05, 0) is 37.7 Å². The molecule has 0 aliphatic carbocycles. The van der Waals surface area contributed by atoms with E-state index in [9.17, 15) is 0 Å². The first-order valence-electron chi connectivity index (χ1n) is 6.07. The molecular weight excluding hydrogens is 366 g/mol. The molecule has 0 aliphatic rings. The Hall–Kier alpha value is 1.68. The van der Waals surface area contributed by atoms with Gasteiger partial charge < -0.3 is 0 Å². The van der Waals surface area contributed by atoms with Crippen molar-refractivity contribution < 1.29 is 41.0 Å². The zero-order valence-electron chi connectivity index (χ0n) is 10.6. The number of hydrogen-bond acceptors (Lipinski definition) is 0. The standard InChI is InChI=1S/C12H27P.Cu.H2I/c1-4-7-10-13(11-8-5-2)12-9-6-3;;/h4-12H2,1-3H3;;1H2/q;2*+1. The summed E-state index contributed by atoms with van der Waals surface area (Å²) >= 11 is 0. The summed E-state index contributed by atoms with van der Waals surface area (Å²) in [6.45, 7) is 6.94. The Balaban J connectivity index is -0.000000720. The van der Waals surface area contributed by atoms with Gasteiger partial charge in [-0.25, -0.2) is 0 Å². The Bertz CT molecular complexity index is 82.6. The second-order valence-electron chi connectivity index (χ2n) is 3.90. The fraction of sp³-hybridized carbons (Fsp3) is 1.00. The molecule has 0 nitrogen and oxygen atoms in total. The van der Waals surface area contributed by atoms with Gasteiger partial charge in [0.2, 0.25) is 24.0 Å². The topological polar surface area (TPSA) is 0 Å². The van der Waals surface area contributed by atoms with Gasteiger partial charge in [0.05, 0.1) is 0 Å². The second kappa shape index (κ2) is 18.1. The van der Waals surface area contributed by atoms with Gasteiger partial charge in [0.15, 0.2) is 0 Å². The molecular formula is C12H29CuIP+2. The van der Waals surface area contributed by atoms with Crippen molar-refractivity contribution in [2.75, 3.05) is 18.5 Å². The zero-order chi connectivity index (χ0) is 9.94. The molecule has 0 saturated carbocycles. The normalized spacial score (nSPS) is 9.60. The van der Waals surface area contributed by atoms with Crippen molar-refractivity contribution in [3.8, 4) is 0 Å². The summed E-state index contributed by atoms with van der Waals surface area (Å²) in [6.07, 6.45) is 13.2. The molecule has 0 saturated heterocycles. The first-order valence-corrected chi connectivity index (χ1v) is 7.97. The molecule has 15 heavy (non-hydrogen) atoms. The van der Waals surface area contributed by atoms with Gasteiger partial charge in [-0.2, -0.15) is 0 Å². The summed E-state index contributed by atoms with van der Waals surface area (Å²) in [5.41, 5.74) is 0. The monoisotopic (exact) mass is 394 g/mol. The maximum atomic E-state index is 2.31. The van der Waals surface area contributed by atoms with Gasteiger partial charge in [0, 0.05) is 0 Å². The molecule has 0 radical (unpaired) electrons. The summed E-state index contributed by atoms with van der Waals surface area (Å²) < 4.78 is 0. The van der Waals surface area contributed by atoms with Crippen LogP contribution in [-0.4, -0.2) is 18.5 Å². The maximum absolute atomic E-state index is 2.31. The molecule has 0 amide bonds. The van der Waals surface area contributed by atoms with Crippen LogP contribution in [0.1, 0.15) is 59.3 Å². The zero-order valence-corrected chi connectivity index (χ0v) is 14.9. The number of rotatable bonds is 9. The van der Waals surface area contributed by atoms with E-state index in [0.717, 1.165) is 0 Å². The molecule has 0 heterocycles. The fourth-order valence-corrected chi connectivity index (χ4v) is 4.44.